The van der Waals surface area contributed by atoms with E-state index in [1.54, 1.807) is 17.0 Å². The highest BCUT2D eigenvalue weighted by Crippen LogP contribution is 2.32. The van der Waals surface area contributed by atoms with Gasteiger partial charge in [-0.1, -0.05) is 18.2 Å². The fourth-order valence-electron chi connectivity index (χ4n) is 3.36. The number of hydrogen-bond donors (Lipinski definition) is 2. The first-order valence-electron chi connectivity index (χ1n) is 8.28. The minimum atomic E-state index is -0.589. The molecule has 25 heavy (non-hydrogen) atoms. The van der Waals surface area contributed by atoms with Crippen LogP contribution in [0.15, 0.2) is 40.8 Å². The number of piperidine rings is 1. The Kier molecular flexibility index (Phi) is 3.76. The van der Waals surface area contributed by atoms with Gasteiger partial charge in [0.1, 0.15) is 11.3 Å². The average molecular weight is 338 g/mol. The van der Waals surface area contributed by atoms with Crippen molar-refractivity contribution in [1.29, 1.82) is 0 Å². The third-order valence-corrected chi connectivity index (χ3v) is 4.61. The summed E-state index contributed by atoms with van der Waals surface area (Å²) in [6.45, 7) is 0.630. The molecule has 3 N–H and O–H groups in total. The van der Waals surface area contributed by atoms with Gasteiger partial charge in [-0.2, -0.15) is 5.10 Å². The van der Waals surface area contributed by atoms with E-state index in [0.29, 0.717) is 17.9 Å². The molecule has 7 heteroatoms. The van der Waals surface area contributed by atoms with Gasteiger partial charge in [0.25, 0.3) is 11.8 Å². The molecule has 1 saturated heterocycles. The topological polar surface area (TPSA) is 105 Å². The van der Waals surface area contributed by atoms with Crippen molar-refractivity contribution in [2.75, 3.05) is 6.54 Å². The Balaban J connectivity index is 1.65. The fourth-order valence-corrected chi connectivity index (χ4v) is 3.36. The van der Waals surface area contributed by atoms with Crippen LogP contribution in [0.2, 0.25) is 0 Å². The smallest absolute Gasteiger partial charge is 0.290 e. The van der Waals surface area contributed by atoms with Crippen LogP contribution in [-0.4, -0.2) is 33.5 Å². The van der Waals surface area contributed by atoms with E-state index < -0.39 is 5.91 Å². The fraction of sp³-hybridized carbons (Fsp3) is 0.278. The zero-order valence-electron chi connectivity index (χ0n) is 13.6. The Hall–Kier alpha value is -3.09. The summed E-state index contributed by atoms with van der Waals surface area (Å²) in [4.78, 5) is 26.1. The SMILES string of the molecule is NC(=O)c1cc([C@@H]2CCCCN2C(=O)c2cc3ccccc3o2)[nH]n1. The van der Waals surface area contributed by atoms with Gasteiger partial charge in [-0.15, -0.1) is 0 Å². The molecule has 0 unspecified atom stereocenters. The summed E-state index contributed by atoms with van der Waals surface area (Å²) in [5.74, 6) is -0.424. The van der Waals surface area contributed by atoms with E-state index in [4.69, 9.17) is 10.2 Å². The molecule has 3 heterocycles. The highest BCUT2D eigenvalue weighted by atomic mass is 16.3. The summed E-state index contributed by atoms with van der Waals surface area (Å²) >= 11 is 0. The molecule has 4 rings (SSSR count). The maximum Gasteiger partial charge on any atom is 0.290 e. The molecule has 7 nitrogen and oxygen atoms in total. The second-order valence-corrected chi connectivity index (χ2v) is 6.23. The number of carbonyl (C=O) groups is 2. The number of H-pyrrole nitrogens is 1. The highest BCUT2D eigenvalue weighted by molar-refractivity contribution is 5.96. The summed E-state index contributed by atoms with van der Waals surface area (Å²) < 4.78 is 5.72. The number of aromatic nitrogens is 2. The highest BCUT2D eigenvalue weighted by Gasteiger charge is 2.32. The number of aromatic amines is 1. The number of nitrogens with one attached hydrogen (secondary N) is 1. The molecule has 2 aromatic heterocycles. The van der Waals surface area contributed by atoms with Gasteiger partial charge < -0.3 is 15.1 Å². The van der Waals surface area contributed by atoms with Crippen LogP contribution >= 0.6 is 0 Å². The zero-order chi connectivity index (χ0) is 17.4. The molecule has 0 saturated carbocycles. The normalized spacial score (nSPS) is 17.8. The van der Waals surface area contributed by atoms with Crippen molar-refractivity contribution in [1.82, 2.24) is 15.1 Å². The van der Waals surface area contributed by atoms with Crippen LogP contribution in [-0.2, 0) is 0 Å². The van der Waals surface area contributed by atoms with E-state index in [2.05, 4.69) is 10.2 Å². The van der Waals surface area contributed by atoms with Crippen LogP contribution in [0, 0.1) is 0 Å². The Morgan fingerprint density at radius 2 is 2.08 bits per heavy atom. The number of fused-ring (bicyclic) bond motifs is 1. The third-order valence-electron chi connectivity index (χ3n) is 4.61. The molecule has 128 valence electrons. The van der Waals surface area contributed by atoms with Gasteiger partial charge in [0.05, 0.1) is 11.7 Å². The molecule has 0 radical (unpaired) electrons. The van der Waals surface area contributed by atoms with Crippen LogP contribution in [0.25, 0.3) is 11.0 Å². The zero-order valence-corrected chi connectivity index (χ0v) is 13.6. The van der Waals surface area contributed by atoms with Gasteiger partial charge in [-0.3, -0.25) is 14.7 Å². The van der Waals surface area contributed by atoms with Crippen molar-refractivity contribution in [2.24, 2.45) is 5.73 Å². The second kappa shape index (κ2) is 6.08. The minimum absolute atomic E-state index is 0.156. The van der Waals surface area contributed by atoms with Crippen molar-refractivity contribution in [2.45, 2.75) is 25.3 Å². The Morgan fingerprint density at radius 3 is 2.84 bits per heavy atom. The van der Waals surface area contributed by atoms with E-state index in [1.807, 2.05) is 24.3 Å². The van der Waals surface area contributed by atoms with Crippen molar-refractivity contribution in [3.8, 4) is 0 Å². The number of hydrogen-bond acceptors (Lipinski definition) is 4. The lowest BCUT2D eigenvalue weighted by Gasteiger charge is -2.34. The average Bonchev–Trinajstić information content (AvgIpc) is 3.28. The molecule has 1 fully saturated rings. The predicted molar refractivity (Wildman–Crippen MR) is 90.9 cm³/mol. The number of nitrogens with two attached hydrogens (primary N) is 1. The van der Waals surface area contributed by atoms with Crippen LogP contribution < -0.4 is 5.73 Å². The maximum absolute atomic E-state index is 13.0. The van der Waals surface area contributed by atoms with Crippen LogP contribution in [0.4, 0.5) is 0 Å². The van der Waals surface area contributed by atoms with E-state index in [1.165, 1.54) is 0 Å². The molecular weight excluding hydrogens is 320 g/mol. The number of benzene rings is 1. The molecule has 0 bridgehead atoms. The summed E-state index contributed by atoms with van der Waals surface area (Å²) in [5, 5.41) is 7.68. The maximum atomic E-state index is 13.0. The van der Waals surface area contributed by atoms with Gasteiger partial charge in [-0.25, -0.2) is 0 Å². The van der Waals surface area contributed by atoms with Gasteiger partial charge in [0, 0.05) is 11.9 Å². The van der Waals surface area contributed by atoms with Crippen LogP contribution in [0.1, 0.15) is 52.0 Å². The number of furan rings is 1. The number of primary amides is 1. The number of nitrogens with zero attached hydrogens (tertiary/aromatic N) is 2. The van der Waals surface area contributed by atoms with E-state index in [9.17, 15) is 9.59 Å². The van der Waals surface area contributed by atoms with E-state index in [0.717, 1.165) is 30.3 Å². The molecule has 0 spiro atoms. The molecule has 1 aromatic carbocycles. The van der Waals surface area contributed by atoms with Crippen LogP contribution in [0.5, 0.6) is 0 Å². The summed E-state index contributed by atoms with van der Waals surface area (Å²) in [7, 11) is 0. The number of carbonyl (C=O) groups excluding carboxylic acids is 2. The predicted octanol–water partition coefficient (Wildman–Crippen LogP) is 2.62. The summed E-state index contributed by atoms with van der Waals surface area (Å²) in [6, 6.07) is 10.8. The summed E-state index contributed by atoms with van der Waals surface area (Å²) in [6.07, 6.45) is 2.73. The third kappa shape index (κ3) is 2.77. The first-order chi connectivity index (χ1) is 12.1. The van der Waals surface area contributed by atoms with Gasteiger partial charge in [0.2, 0.25) is 0 Å². The van der Waals surface area contributed by atoms with Crippen molar-refractivity contribution in [3.63, 3.8) is 0 Å². The number of amides is 2. The second-order valence-electron chi connectivity index (χ2n) is 6.23. The molecule has 1 atom stereocenters. The van der Waals surface area contributed by atoms with Crippen molar-refractivity contribution < 1.29 is 14.0 Å². The largest absolute Gasteiger partial charge is 0.451 e. The monoisotopic (exact) mass is 338 g/mol. The standard InChI is InChI=1S/C18H18N4O3/c19-17(23)13-10-12(20-21-13)14-6-3-4-8-22(14)18(24)16-9-11-5-1-2-7-15(11)25-16/h1-2,5,7,9-10,14H,3-4,6,8H2,(H2,19,23)(H,20,21)/t14-/m0/s1. The Bertz CT molecular complexity index is 910. The number of rotatable bonds is 3. The molecule has 3 aromatic rings. The number of para-hydroxylation sites is 1. The Morgan fingerprint density at radius 1 is 1.24 bits per heavy atom. The lowest BCUT2D eigenvalue weighted by atomic mass is 9.98. The molecule has 1 aliphatic rings. The first kappa shape index (κ1) is 15.4. The van der Waals surface area contributed by atoms with E-state index >= 15 is 0 Å². The van der Waals surface area contributed by atoms with Crippen LogP contribution in [0.3, 0.4) is 0 Å². The quantitative estimate of drug-likeness (QED) is 0.765. The molecule has 2 amide bonds. The van der Waals surface area contributed by atoms with Gasteiger partial charge in [0.15, 0.2) is 5.76 Å². The van der Waals surface area contributed by atoms with Crippen molar-refractivity contribution in [3.05, 3.63) is 53.5 Å². The first-order valence-corrected chi connectivity index (χ1v) is 8.28. The van der Waals surface area contributed by atoms with Gasteiger partial charge >= 0.3 is 0 Å². The lowest BCUT2D eigenvalue weighted by Crippen LogP contribution is -2.38. The van der Waals surface area contributed by atoms with Gasteiger partial charge in [-0.05, 0) is 37.5 Å². The summed E-state index contributed by atoms with van der Waals surface area (Å²) in [5.41, 5.74) is 6.86. The minimum Gasteiger partial charge on any atom is -0.451 e. The van der Waals surface area contributed by atoms with E-state index in [-0.39, 0.29) is 17.6 Å². The number of likely N-dealkylation sites (tertiary alicyclic amines) is 1. The molecule has 1 aliphatic heterocycles. The molecule has 0 aliphatic carbocycles. The lowest BCUT2D eigenvalue weighted by molar-refractivity contribution is 0.0576. The Labute approximate surface area is 143 Å². The molecular formula is C18H18N4O3. The van der Waals surface area contributed by atoms with Crippen molar-refractivity contribution >= 4 is 22.8 Å².